The maximum atomic E-state index is 11.7. The first kappa shape index (κ1) is 17.1. The number of fused-ring (bicyclic) bond motifs is 1. The largest absolute Gasteiger partial charge is 1.00 e. The van der Waals surface area contributed by atoms with Crippen LogP contribution in [0.2, 0.25) is 0 Å². The number of phosphoric acid groups is 1. The summed E-state index contributed by atoms with van der Waals surface area (Å²) in [6, 6.07) is 1.04. The van der Waals surface area contributed by atoms with Gasteiger partial charge in [-0.25, -0.2) is 14.3 Å². The van der Waals surface area contributed by atoms with Crippen molar-refractivity contribution in [1.82, 2.24) is 9.55 Å². The molecular formula is C9H10N2NaO8P. The first-order chi connectivity index (χ1) is 9.41. The number of hydrogen-bond donors (Lipinski definition) is 2. The molecule has 1 aromatic heterocycles. The average Bonchev–Trinajstić information content (AvgIpc) is 2.83. The predicted molar refractivity (Wildman–Crippen MR) is 58.5 cm³/mol. The summed E-state index contributed by atoms with van der Waals surface area (Å²) in [5, 5.41) is 20.1. The van der Waals surface area contributed by atoms with Crippen LogP contribution in [0.25, 0.3) is 0 Å². The van der Waals surface area contributed by atoms with Gasteiger partial charge in [-0.15, -0.1) is 0 Å². The minimum atomic E-state index is -4.24. The van der Waals surface area contributed by atoms with E-state index in [1.54, 1.807) is 0 Å². The van der Waals surface area contributed by atoms with Crippen LogP contribution in [-0.2, 0) is 18.3 Å². The van der Waals surface area contributed by atoms with Crippen LogP contribution < -0.4 is 40.4 Å². The maximum absolute atomic E-state index is 11.7. The van der Waals surface area contributed by atoms with E-state index < -0.39 is 50.5 Å². The summed E-state index contributed by atoms with van der Waals surface area (Å²) >= 11 is 0. The Morgan fingerprint density at radius 1 is 1.43 bits per heavy atom. The third-order valence-corrected chi connectivity index (χ3v) is 4.07. The van der Waals surface area contributed by atoms with Gasteiger partial charge in [0.25, 0.3) is 0 Å². The second-order valence-corrected chi connectivity index (χ2v) is 5.67. The number of aliphatic hydroxyl groups excluding tert-OH is 1. The second-order valence-electron chi connectivity index (χ2n) is 4.31. The van der Waals surface area contributed by atoms with Crippen LogP contribution in [0.15, 0.2) is 17.1 Å². The van der Waals surface area contributed by atoms with Crippen LogP contribution in [-0.4, -0.2) is 44.5 Å². The molecule has 5 atom stereocenters. The number of aromatic nitrogens is 2. The standard InChI is InChI=1S/C9H11N2O8P.Na/c12-3-4-6-7(19-20(15,16)18-6)8(17-4)11-2-1-5(13)10-9(11)14;/h1-2,4,6-8,12H,3H2,(H,15,16)(H,10,13,14);/q;+1/p-1/t4-,6-,7-,8-;/m1./s1. The molecule has 12 heteroatoms. The molecule has 3 heterocycles. The Bertz CT molecular complexity index is 638. The molecule has 0 saturated carbocycles. The Morgan fingerprint density at radius 3 is 2.71 bits per heavy atom. The number of hydrogen-bond acceptors (Lipinski definition) is 8. The molecule has 0 radical (unpaired) electrons. The molecule has 0 aliphatic carbocycles. The fraction of sp³-hybridized carbons (Fsp3) is 0.556. The normalized spacial score (nSPS) is 38.0. The van der Waals surface area contributed by atoms with E-state index >= 15 is 0 Å². The van der Waals surface area contributed by atoms with E-state index in [4.69, 9.17) is 13.8 Å². The zero-order valence-electron chi connectivity index (χ0n) is 10.9. The molecule has 2 aliphatic rings. The minimum absolute atomic E-state index is 0. The summed E-state index contributed by atoms with van der Waals surface area (Å²) in [4.78, 5) is 24.2. The Kier molecular flexibility index (Phi) is 4.94. The van der Waals surface area contributed by atoms with Gasteiger partial charge in [0.05, 0.1) is 6.61 Å². The summed E-state index contributed by atoms with van der Waals surface area (Å²) in [6.07, 6.45) is -2.93. The van der Waals surface area contributed by atoms with Gasteiger partial charge in [0.1, 0.15) is 18.3 Å². The molecule has 3 rings (SSSR count). The topological polar surface area (TPSA) is 143 Å². The molecule has 0 spiro atoms. The van der Waals surface area contributed by atoms with Gasteiger partial charge in [-0.1, -0.05) is 0 Å². The van der Waals surface area contributed by atoms with Crippen molar-refractivity contribution in [1.29, 1.82) is 0 Å². The van der Waals surface area contributed by atoms with Crippen LogP contribution in [0.3, 0.4) is 0 Å². The summed E-state index contributed by atoms with van der Waals surface area (Å²) < 4.78 is 27.4. The number of rotatable bonds is 2. The van der Waals surface area contributed by atoms with Crippen LogP contribution in [0.4, 0.5) is 0 Å². The third kappa shape index (κ3) is 3.09. The van der Waals surface area contributed by atoms with Gasteiger partial charge in [0.15, 0.2) is 6.23 Å². The van der Waals surface area contributed by atoms with Gasteiger partial charge in [-0.3, -0.25) is 13.6 Å². The molecule has 2 fully saturated rings. The number of phosphoric ester groups is 1. The van der Waals surface area contributed by atoms with Crippen molar-refractivity contribution in [2.24, 2.45) is 0 Å². The van der Waals surface area contributed by atoms with E-state index in [-0.39, 0.29) is 29.6 Å². The fourth-order valence-corrected chi connectivity index (χ4v) is 3.39. The fourth-order valence-electron chi connectivity index (χ4n) is 2.24. The molecular weight excluding hydrogens is 318 g/mol. The maximum Gasteiger partial charge on any atom is 1.00 e. The summed E-state index contributed by atoms with van der Waals surface area (Å²) in [7, 11) is -4.24. The van der Waals surface area contributed by atoms with Crippen LogP contribution in [0.1, 0.15) is 6.23 Å². The molecule has 2 saturated heterocycles. The number of ether oxygens (including phenoxy) is 1. The Balaban J connectivity index is 0.00000161. The first-order valence-corrected chi connectivity index (χ1v) is 7.13. The molecule has 10 nitrogen and oxygen atoms in total. The zero-order valence-corrected chi connectivity index (χ0v) is 13.8. The van der Waals surface area contributed by atoms with Crippen molar-refractivity contribution in [3.05, 3.63) is 22.7 Å². The monoisotopic (exact) mass is 328 g/mol. The Hall–Kier alpha value is -0.290. The van der Waals surface area contributed by atoms with E-state index in [2.05, 4.69) is 4.98 Å². The molecule has 110 valence electrons. The molecule has 1 unspecified atom stereocenters. The molecule has 0 aromatic carbocycles. The van der Waals surface area contributed by atoms with Gasteiger partial charge in [-0.2, -0.15) is 0 Å². The van der Waals surface area contributed by atoms with Crippen LogP contribution >= 0.6 is 7.82 Å². The Labute approximate surface area is 140 Å². The van der Waals surface area contributed by atoms with Crippen molar-refractivity contribution in [3.63, 3.8) is 0 Å². The van der Waals surface area contributed by atoms with Gasteiger partial charge in [0, 0.05) is 6.20 Å². The van der Waals surface area contributed by atoms with E-state index in [1.165, 1.54) is 0 Å². The van der Waals surface area contributed by atoms with E-state index in [0.29, 0.717) is 0 Å². The van der Waals surface area contributed by atoms with Crippen LogP contribution in [0.5, 0.6) is 5.88 Å². The van der Waals surface area contributed by atoms with Crippen molar-refractivity contribution in [2.45, 2.75) is 24.5 Å². The quantitative estimate of drug-likeness (QED) is 0.403. The van der Waals surface area contributed by atoms with E-state index in [0.717, 1.165) is 16.8 Å². The number of aliphatic hydroxyl groups is 1. The summed E-state index contributed by atoms with van der Waals surface area (Å²) in [5.41, 5.74) is -0.886. The van der Waals surface area contributed by atoms with E-state index in [9.17, 15) is 24.5 Å². The predicted octanol–water partition coefficient (Wildman–Crippen LogP) is -4.90. The zero-order chi connectivity index (χ0) is 14.5. The van der Waals surface area contributed by atoms with Gasteiger partial charge in [-0.05, 0) is 11.9 Å². The molecule has 0 amide bonds. The van der Waals surface area contributed by atoms with Gasteiger partial charge >= 0.3 is 43.1 Å². The average molecular weight is 328 g/mol. The van der Waals surface area contributed by atoms with Crippen molar-refractivity contribution >= 4 is 7.82 Å². The van der Waals surface area contributed by atoms with Crippen LogP contribution in [0, 0.1) is 0 Å². The third-order valence-electron chi connectivity index (χ3n) is 3.05. The minimum Gasteiger partial charge on any atom is -0.858 e. The molecule has 2 N–H and O–H groups in total. The first-order valence-electron chi connectivity index (χ1n) is 5.63. The van der Waals surface area contributed by atoms with Gasteiger partial charge in [0.2, 0.25) is 0 Å². The van der Waals surface area contributed by atoms with E-state index in [1.807, 2.05) is 0 Å². The SMILES string of the molecule is O=c1nc([O-])ccn1[C@@H]1O[C@H](CO)[C@H]2OP(=O)(O)O[C@H]21.[Na+]. The molecule has 0 bridgehead atoms. The van der Waals surface area contributed by atoms with Crippen molar-refractivity contribution in [3.8, 4) is 5.88 Å². The molecule has 1 aromatic rings. The summed E-state index contributed by atoms with van der Waals surface area (Å²) in [6.45, 7) is -0.483. The molecule has 21 heavy (non-hydrogen) atoms. The Morgan fingerprint density at radius 2 is 2.10 bits per heavy atom. The molecule has 2 aliphatic heterocycles. The van der Waals surface area contributed by atoms with Gasteiger partial charge < -0.3 is 19.8 Å². The summed E-state index contributed by atoms with van der Waals surface area (Å²) in [5.74, 6) is -0.712. The number of nitrogens with zero attached hydrogens (tertiary/aromatic N) is 2. The second kappa shape index (κ2) is 6.07. The van der Waals surface area contributed by atoms with Crippen molar-refractivity contribution in [2.75, 3.05) is 6.61 Å². The smallest absolute Gasteiger partial charge is 0.858 e. The van der Waals surface area contributed by atoms with Crippen molar-refractivity contribution < 1.29 is 63.0 Å².